The van der Waals surface area contributed by atoms with E-state index in [9.17, 15) is 0 Å². The molecule has 0 aliphatic heterocycles. The molecule has 0 bridgehead atoms. The molecule has 3 heteroatoms. The summed E-state index contributed by atoms with van der Waals surface area (Å²) in [5.41, 5.74) is 17.8. The maximum absolute atomic E-state index is 7.26. The summed E-state index contributed by atoms with van der Waals surface area (Å²) in [6.07, 6.45) is 7.04. The van der Waals surface area contributed by atoms with E-state index in [1.54, 1.807) is 0 Å². The summed E-state index contributed by atoms with van der Waals surface area (Å²) in [5.74, 6) is 1.86. The van der Waals surface area contributed by atoms with Crippen molar-refractivity contribution >= 4 is 27.1 Å². The Balaban J connectivity index is 1.18. The van der Waals surface area contributed by atoms with Crippen LogP contribution in [-0.2, 0) is 10.8 Å². The zero-order valence-corrected chi connectivity index (χ0v) is 35.2. The fourth-order valence-electron chi connectivity index (χ4n) is 9.63. The average Bonchev–Trinajstić information content (AvgIpc) is 3.83. The number of nitrogens with zero attached hydrogens (tertiary/aromatic N) is 1. The Kier molecular flexibility index (Phi) is 8.30. The first-order valence-corrected chi connectivity index (χ1v) is 23.1. The molecule has 0 spiro atoms. The van der Waals surface area contributed by atoms with Crippen molar-refractivity contribution in [2.45, 2.75) is 43.4 Å². The lowest BCUT2D eigenvalue weighted by Crippen LogP contribution is -2.17. The van der Waals surface area contributed by atoms with Crippen LogP contribution in [0.4, 0.5) is 17.1 Å². The minimum absolute atomic E-state index is 0.140. The van der Waals surface area contributed by atoms with Gasteiger partial charge in [0, 0.05) is 44.5 Å². The van der Waals surface area contributed by atoms with Crippen LogP contribution in [-0.4, -0.2) is 18.8 Å². The molecule has 1 aromatic heterocycles. The predicted octanol–water partition coefficient (Wildman–Crippen LogP) is 15.4. The van der Waals surface area contributed by atoms with Crippen molar-refractivity contribution in [2.24, 2.45) is 0 Å². The van der Waals surface area contributed by atoms with Crippen LogP contribution >= 0.6 is 10.0 Å². The third-order valence-electron chi connectivity index (χ3n) is 12.7. The van der Waals surface area contributed by atoms with Gasteiger partial charge in [0.05, 0.1) is 5.69 Å². The molecule has 10 rings (SSSR count). The Morgan fingerprint density at radius 1 is 0.431 bits per heavy atom. The van der Waals surface area contributed by atoms with Crippen LogP contribution in [0, 0.1) is 0 Å². The Labute approximate surface area is 345 Å². The Morgan fingerprint density at radius 2 is 0.966 bits per heavy atom. The summed E-state index contributed by atoms with van der Waals surface area (Å²) in [6.45, 7) is 9.39. The summed E-state index contributed by atoms with van der Waals surface area (Å²) in [4.78, 5) is 3.86. The number of anilines is 3. The Hall–Kier alpha value is -6.03. The maximum atomic E-state index is 7.26. The van der Waals surface area contributed by atoms with Gasteiger partial charge >= 0.3 is 0 Å². The van der Waals surface area contributed by atoms with E-state index in [2.05, 4.69) is 221 Å². The van der Waals surface area contributed by atoms with Gasteiger partial charge in [-0.05, 0) is 117 Å². The van der Waals surface area contributed by atoms with Crippen LogP contribution < -0.4 is 4.90 Å². The molecule has 1 heterocycles. The second-order valence-electron chi connectivity index (χ2n) is 17.7. The third kappa shape index (κ3) is 5.62. The van der Waals surface area contributed by atoms with Crippen LogP contribution in [0.3, 0.4) is 0 Å². The summed E-state index contributed by atoms with van der Waals surface area (Å²) < 4.78 is 7.26. The number of hydrogen-bond donors (Lipinski definition) is 0. The minimum Gasteiger partial charge on any atom is -0.455 e. The number of rotatable bonds is 7. The van der Waals surface area contributed by atoms with E-state index >= 15 is 0 Å². The van der Waals surface area contributed by atoms with Gasteiger partial charge < -0.3 is 9.32 Å². The second kappa shape index (κ2) is 13.3. The van der Waals surface area contributed by atoms with Crippen LogP contribution in [0.15, 0.2) is 179 Å². The van der Waals surface area contributed by atoms with Crippen molar-refractivity contribution < 1.29 is 4.42 Å². The van der Waals surface area contributed by atoms with E-state index in [1.165, 1.54) is 55.0 Å². The number of benzene rings is 7. The molecule has 0 radical (unpaired) electrons. The monoisotopic (exact) mass is 771 g/mol. The van der Waals surface area contributed by atoms with Crippen LogP contribution in [0.1, 0.15) is 49.9 Å². The van der Waals surface area contributed by atoms with Crippen molar-refractivity contribution in [3.8, 4) is 56.0 Å². The summed E-state index contributed by atoms with van der Waals surface area (Å²) in [6, 6.07) is 62.5. The van der Waals surface area contributed by atoms with Gasteiger partial charge in [-0.15, -0.1) is 0 Å². The number of para-hydroxylation sites is 1. The predicted molar refractivity (Wildman–Crippen MR) is 248 cm³/mol. The fraction of sp³-hybridized carbons (Fsp3) is 0.164. The summed E-state index contributed by atoms with van der Waals surface area (Å²) >= 11 is 0. The van der Waals surface area contributed by atoms with E-state index in [0.717, 1.165) is 45.3 Å². The van der Waals surface area contributed by atoms with Crippen LogP contribution in [0.2, 0.25) is 0 Å². The van der Waals surface area contributed by atoms with Gasteiger partial charge in [-0.1, -0.05) is 149 Å². The maximum Gasteiger partial charge on any atom is 0.145 e. The SMILES string of the molecule is CC1(C)c2ccccc2-c2ccc(N(c3ccc(-c4ccc(S(C)(C)C)cc4)cc3)c3ccccc3-c3oc4c(c3-c3ccccc3)C(C)(C)c3ccccc3-4)cc21. The molecule has 2 nitrogen and oxygen atoms in total. The van der Waals surface area contributed by atoms with Crippen LogP contribution in [0.25, 0.3) is 56.0 Å². The highest BCUT2D eigenvalue weighted by molar-refractivity contribution is 8.32. The molecular weight excluding hydrogens is 723 g/mol. The highest BCUT2D eigenvalue weighted by Gasteiger charge is 2.43. The first-order chi connectivity index (χ1) is 27.9. The lowest BCUT2D eigenvalue weighted by molar-refractivity contribution is 0.593. The number of fused-ring (bicyclic) bond motifs is 6. The Bertz CT molecular complexity index is 2850. The van der Waals surface area contributed by atoms with E-state index < -0.39 is 10.0 Å². The van der Waals surface area contributed by atoms with Crippen molar-refractivity contribution in [2.75, 3.05) is 23.7 Å². The molecule has 58 heavy (non-hydrogen) atoms. The normalized spacial score (nSPS) is 14.7. The molecule has 0 unspecified atom stereocenters. The van der Waals surface area contributed by atoms with Gasteiger partial charge in [0.25, 0.3) is 0 Å². The molecule has 0 saturated heterocycles. The van der Waals surface area contributed by atoms with E-state index in [-0.39, 0.29) is 10.8 Å². The molecule has 0 atom stereocenters. The molecule has 286 valence electrons. The molecule has 7 aromatic carbocycles. The van der Waals surface area contributed by atoms with Crippen LogP contribution in [0.5, 0.6) is 0 Å². The topological polar surface area (TPSA) is 16.4 Å². The van der Waals surface area contributed by atoms with Crippen molar-refractivity contribution in [3.05, 3.63) is 192 Å². The molecule has 0 amide bonds. The molecule has 0 saturated carbocycles. The first kappa shape index (κ1) is 36.3. The van der Waals surface area contributed by atoms with Gasteiger partial charge in [0.1, 0.15) is 11.5 Å². The molecule has 2 aliphatic rings. The summed E-state index contributed by atoms with van der Waals surface area (Å²) in [7, 11) is -0.794. The lowest BCUT2D eigenvalue weighted by Gasteiger charge is -2.30. The lowest BCUT2D eigenvalue weighted by atomic mass is 9.79. The molecule has 0 N–H and O–H groups in total. The van der Waals surface area contributed by atoms with Gasteiger partial charge in [-0.25, -0.2) is 10.0 Å². The van der Waals surface area contributed by atoms with E-state index in [4.69, 9.17) is 4.42 Å². The van der Waals surface area contributed by atoms with E-state index in [0.29, 0.717) is 0 Å². The van der Waals surface area contributed by atoms with Gasteiger partial charge in [-0.2, -0.15) is 0 Å². The molecule has 2 aliphatic carbocycles. The Morgan fingerprint density at radius 3 is 1.64 bits per heavy atom. The molecule has 0 fully saturated rings. The molecule has 8 aromatic rings. The summed E-state index contributed by atoms with van der Waals surface area (Å²) in [5, 5.41) is 0. The fourth-order valence-corrected chi connectivity index (χ4v) is 10.6. The molecular formula is C55H49NOS. The van der Waals surface area contributed by atoms with Gasteiger partial charge in [0.2, 0.25) is 0 Å². The number of furan rings is 1. The highest BCUT2D eigenvalue weighted by Crippen LogP contribution is 2.58. The van der Waals surface area contributed by atoms with Crippen molar-refractivity contribution in [1.29, 1.82) is 0 Å². The zero-order chi connectivity index (χ0) is 40.0. The second-order valence-corrected chi connectivity index (χ2v) is 21.9. The smallest absolute Gasteiger partial charge is 0.145 e. The zero-order valence-electron chi connectivity index (χ0n) is 34.4. The first-order valence-electron chi connectivity index (χ1n) is 20.3. The number of hydrogen-bond acceptors (Lipinski definition) is 2. The average molecular weight is 772 g/mol. The standard InChI is InChI=1S/C55H49NOS/c1-54(2)46-22-14-11-19-42(46)43-34-31-40(35-48(43)54)56(39-29-25-36(26-30-39)37-27-32-41(33-28-37)58(5,6)7)49-24-16-13-21-45(49)52-50(38-17-9-8-10-18-38)51-53(57-52)44-20-12-15-23-47(44)55(51,3)4/h8-35H,1-7H3. The van der Waals surface area contributed by atoms with Crippen molar-refractivity contribution in [1.82, 2.24) is 0 Å². The van der Waals surface area contributed by atoms with Crippen molar-refractivity contribution in [3.63, 3.8) is 0 Å². The van der Waals surface area contributed by atoms with E-state index in [1.807, 2.05) is 0 Å². The quantitative estimate of drug-likeness (QED) is 0.160. The highest BCUT2D eigenvalue weighted by atomic mass is 32.3. The third-order valence-corrected chi connectivity index (χ3v) is 14.4. The van der Waals surface area contributed by atoms with Gasteiger partial charge in [0.15, 0.2) is 0 Å². The van der Waals surface area contributed by atoms with Gasteiger partial charge in [-0.3, -0.25) is 0 Å². The minimum atomic E-state index is -0.794. The largest absolute Gasteiger partial charge is 0.455 e.